The molecule has 2 heterocycles. The zero-order valence-corrected chi connectivity index (χ0v) is 15.1. The van der Waals surface area contributed by atoms with Gasteiger partial charge in [-0.3, -0.25) is 9.59 Å². The molecule has 0 fully saturated rings. The maximum absolute atomic E-state index is 12.5. The Morgan fingerprint density at radius 1 is 1.12 bits per heavy atom. The van der Waals surface area contributed by atoms with Crippen LogP contribution in [0.15, 0.2) is 18.2 Å². The van der Waals surface area contributed by atoms with Gasteiger partial charge >= 0.3 is 0 Å². The molecule has 6 nitrogen and oxygen atoms in total. The second kappa shape index (κ2) is 6.99. The van der Waals surface area contributed by atoms with Crippen LogP contribution in [0.2, 0.25) is 0 Å². The number of amides is 2. The Labute approximate surface area is 155 Å². The summed E-state index contributed by atoms with van der Waals surface area (Å²) >= 11 is 1.47. The highest BCUT2D eigenvalue weighted by atomic mass is 32.1. The summed E-state index contributed by atoms with van der Waals surface area (Å²) in [5.41, 5.74) is 7.90. The third-order valence-electron chi connectivity index (χ3n) is 4.64. The van der Waals surface area contributed by atoms with Crippen molar-refractivity contribution in [2.75, 3.05) is 18.5 Å². The van der Waals surface area contributed by atoms with Crippen molar-refractivity contribution >= 4 is 28.2 Å². The molecule has 3 N–H and O–H groups in total. The first kappa shape index (κ1) is 16.9. The van der Waals surface area contributed by atoms with E-state index in [1.165, 1.54) is 16.2 Å². The molecule has 1 aromatic carbocycles. The predicted octanol–water partition coefficient (Wildman–Crippen LogP) is 2.68. The van der Waals surface area contributed by atoms with E-state index < -0.39 is 5.91 Å². The van der Waals surface area contributed by atoms with Crippen LogP contribution in [0.1, 0.15) is 39.2 Å². The number of ether oxygens (including phenoxy) is 2. The van der Waals surface area contributed by atoms with Gasteiger partial charge in [0.25, 0.3) is 5.91 Å². The molecule has 0 saturated heterocycles. The molecule has 2 aromatic rings. The van der Waals surface area contributed by atoms with E-state index in [0.717, 1.165) is 36.8 Å². The lowest BCUT2D eigenvalue weighted by atomic mass is 9.95. The number of anilines is 1. The summed E-state index contributed by atoms with van der Waals surface area (Å²) in [7, 11) is 0. The second-order valence-electron chi connectivity index (χ2n) is 6.48. The molecule has 1 aromatic heterocycles. The van der Waals surface area contributed by atoms with Gasteiger partial charge in [0, 0.05) is 4.88 Å². The number of rotatable bonds is 4. The molecule has 136 valence electrons. The van der Waals surface area contributed by atoms with E-state index in [2.05, 4.69) is 5.32 Å². The summed E-state index contributed by atoms with van der Waals surface area (Å²) in [6.45, 7) is 1.04. The van der Waals surface area contributed by atoms with Crippen molar-refractivity contribution in [2.45, 2.75) is 32.1 Å². The molecular formula is C19H20N2O4S. The van der Waals surface area contributed by atoms with Crippen molar-refractivity contribution in [2.24, 2.45) is 5.73 Å². The number of hydrogen-bond donors (Lipinski definition) is 2. The van der Waals surface area contributed by atoms with Gasteiger partial charge in [-0.2, -0.15) is 0 Å². The van der Waals surface area contributed by atoms with Gasteiger partial charge in [-0.05, 0) is 48.9 Å². The molecule has 26 heavy (non-hydrogen) atoms. The van der Waals surface area contributed by atoms with E-state index >= 15 is 0 Å². The molecule has 1 aliphatic carbocycles. The van der Waals surface area contributed by atoms with Crippen molar-refractivity contribution in [3.8, 4) is 11.5 Å². The molecule has 1 aliphatic heterocycles. The topological polar surface area (TPSA) is 90.7 Å². The summed E-state index contributed by atoms with van der Waals surface area (Å²) in [6, 6.07) is 5.49. The summed E-state index contributed by atoms with van der Waals surface area (Å²) in [5, 5.41) is 3.46. The lowest BCUT2D eigenvalue weighted by Gasteiger charge is -2.18. The largest absolute Gasteiger partial charge is 0.486 e. The van der Waals surface area contributed by atoms with Crippen LogP contribution < -0.4 is 20.5 Å². The summed E-state index contributed by atoms with van der Waals surface area (Å²) < 4.78 is 11.0. The number of benzene rings is 1. The highest BCUT2D eigenvalue weighted by Gasteiger charge is 2.25. The number of thiophene rings is 1. The third-order valence-corrected chi connectivity index (χ3v) is 5.85. The van der Waals surface area contributed by atoms with Crippen LogP contribution in [0.4, 0.5) is 5.00 Å². The number of nitrogens with one attached hydrogen (secondary N) is 1. The van der Waals surface area contributed by atoms with E-state index in [1.807, 2.05) is 18.2 Å². The maximum Gasteiger partial charge on any atom is 0.251 e. The lowest BCUT2D eigenvalue weighted by molar-refractivity contribution is -0.115. The smallest absolute Gasteiger partial charge is 0.251 e. The van der Waals surface area contributed by atoms with Crippen molar-refractivity contribution in [3.05, 3.63) is 39.8 Å². The minimum atomic E-state index is -0.473. The van der Waals surface area contributed by atoms with Gasteiger partial charge in [0.15, 0.2) is 11.5 Å². The number of carbonyl (C=O) groups excluding carboxylic acids is 2. The van der Waals surface area contributed by atoms with Crippen LogP contribution in [-0.2, 0) is 24.1 Å². The van der Waals surface area contributed by atoms with Crippen LogP contribution in [0.25, 0.3) is 0 Å². The first-order valence-corrected chi connectivity index (χ1v) is 9.56. The molecule has 0 spiro atoms. The van der Waals surface area contributed by atoms with Crippen molar-refractivity contribution in [1.82, 2.24) is 0 Å². The molecule has 2 aliphatic rings. The fraction of sp³-hybridized carbons (Fsp3) is 0.368. The average Bonchev–Trinajstić information content (AvgIpc) is 2.99. The standard InChI is InChI=1S/C19H20N2O4S/c20-18(23)17-12-3-1-2-4-15(12)26-19(17)21-16(22)10-11-5-6-13-14(9-11)25-8-7-24-13/h5-6,9H,1-4,7-8,10H2,(H2,20,23)(H,21,22). The zero-order valence-electron chi connectivity index (χ0n) is 14.3. The number of aryl methyl sites for hydroxylation is 1. The monoisotopic (exact) mass is 372 g/mol. The molecule has 4 rings (SSSR count). The first-order valence-electron chi connectivity index (χ1n) is 8.74. The quantitative estimate of drug-likeness (QED) is 0.863. The number of fused-ring (bicyclic) bond motifs is 2. The van der Waals surface area contributed by atoms with Gasteiger partial charge in [0.05, 0.1) is 12.0 Å². The molecule has 0 bridgehead atoms. The van der Waals surface area contributed by atoms with Crippen molar-refractivity contribution < 1.29 is 19.1 Å². The van der Waals surface area contributed by atoms with Crippen LogP contribution in [0, 0.1) is 0 Å². The highest BCUT2D eigenvalue weighted by molar-refractivity contribution is 7.17. The van der Waals surface area contributed by atoms with Gasteiger partial charge < -0.3 is 20.5 Å². The van der Waals surface area contributed by atoms with Crippen LogP contribution >= 0.6 is 11.3 Å². The van der Waals surface area contributed by atoms with E-state index in [1.54, 1.807) is 0 Å². The molecule has 0 atom stereocenters. The Balaban J connectivity index is 1.52. The van der Waals surface area contributed by atoms with Gasteiger partial charge in [0.1, 0.15) is 18.2 Å². The molecule has 7 heteroatoms. The third kappa shape index (κ3) is 3.26. The Kier molecular flexibility index (Phi) is 4.55. The van der Waals surface area contributed by atoms with Crippen LogP contribution in [0.3, 0.4) is 0 Å². The normalized spacial score (nSPS) is 15.2. The summed E-state index contributed by atoms with van der Waals surface area (Å²) in [4.78, 5) is 25.6. The number of hydrogen-bond acceptors (Lipinski definition) is 5. The molecule has 0 radical (unpaired) electrons. The highest BCUT2D eigenvalue weighted by Crippen LogP contribution is 2.38. The number of carbonyl (C=O) groups is 2. The van der Waals surface area contributed by atoms with Crippen molar-refractivity contribution in [1.29, 1.82) is 0 Å². The van der Waals surface area contributed by atoms with E-state index in [4.69, 9.17) is 15.2 Å². The maximum atomic E-state index is 12.5. The average molecular weight is 372 g/mol. The van der Waals surface area contributed by atoms with Gasteiger partial charge in [-0.15, -0.1) is 11.3 Å². The molecular weight excluding hydrogens is 352 g/mol. The fourth-order valence-corrected chi connectivity index (χ4v) is 4.78. The second-order valence-corrected chi connectivity index (χ2v) is 7.59. The first-order chi connectivity index (χ1) is 12.6. The van der Waals surface area contributed by atoms with E-state index in [9.17, 15) is 9.59 Å². The molecule has 2 amide bonds. The summed E-state index contributed by atoms with van der Waals surface area (Å²) in [5.74, 6) is 0.704. The van der Waals surface area contributed by atoms with Gasteiger partial charge in [-0.25, -0.2) is 0 Å². The SMILES string of the molecule is NC(=O)c1c(NC(=O)Cc2ccc3c(c2)OCCO3)sc2c1CCCC2. The minimum Gasteiger partial charge on any atom is -0.486 e. The number of nitrogens with two attached hydrogens (primary N) is 1. The van der Waals surface area contributed by atoms with Crippen molar-refractivity contribution in [3.63, 3.8) is 0 Å². The van der Waals surface area contributed by atoms with E-state index in [0.29, 0.717) is 35.3 Å². The van der Waals surface area contributed by atoms with Gasteiger partial charge in [0.2, 0.25) is 5.91 Å². The van der Waals surface area contributed by atoms with E-state index in [-0.39, 0.29) is 12.3 Å². The van der Waals surface area contributed by atoms with Gasteiger partial charge in [-0.1, -0.05) is 6.07 Å². The minimum absolute atomic E-state index is 0.178. The van der Waals surface area contributed by atoms with Crippen LogP contribution in [0.5, 0.6) is 11.5 Å². The summed E-state index contributed by atoms with van der Waals surface area (Å²) in [6.07, 6.45) is 4.14. The Hall–Kier alpha value is -2.54. The Morgan fingerprint density at radius 3 is 2.69 bits per heavy atom. The Morgan fingerprint density at radius 2 is 1.88 bits per heavy atom. The molecule has 0 unspecified atom stereocenters. The van der Waals surface area contributed by atoms with Crippen LogP contribution in [-0.4, -0.2) is 25.0 Å². The Bertz CT molecular complexity index is 875. The number of primary amides is 1. The predicted molar refractivity (Wildman–Crippen MR) is 99.2 cm³/mol. The molecule has 0 saturated carbocycles. The fourth-order valence-electron chi connectivity index (χ4n) is 3.47. The lowest BCUT2D eigenvalue weighted by Crippen LogP contribution is -2.20. The zero-order chi connectivity index (χ0) is 18.1.